The first kappa shape index (κ1) is 11.3. The van der Waals surface area contributed by atoms with Crippen molar-refractivity contribution in [2.75, 3.05) is 12.3 Å². The van der Waals surface area contributed by atoms with Gasteiger partial charge in [-0.2, -0.15) is 0 Å². The number of nitrogens with one attached hydrogen (secondary N) is 1. The molecular formula is C5H12N2O4S. The Bertz CT molecular complexity index is 248. The number of carboxylic acids is 1. The van der Waals surface area contributed by atoms with Gasteiger partial charge in [0.25, 0.3) is 0 Å². The fraction of sp³-hybridized carbons (Fsp3) is 0.800. The van der Waals surface area contributed by atoms with E-state index in [2.05, 4.69) is 0 Å². The molecule has 0 aliphatic carbocycles. The smallest absolute Gasteiger partial charge is 0.321 e. The molecule has 7 heteroatoms. The van der Waals surface area contributed by atoms with Gasteiger partial charge in [0.15, 0.2) is 0 Å². The molecule has 0 radical (unpaired) electrons. The van der Waals surface area contributed by atoms with Crippen LogP contribution < -0.4 is 10.5 Å². The summed E-state index contributed by atoms with van der Waals surface area (Å²) in [6, 6.07) is -1.11. The Morgan fingerprint density at radius 3 is 2.50 bits per heavy atom. The van der Waals surface area contributed by atoms with E-state index in [9.17, 15) is 13.2 Å². The van der Waals surface area contributed by atoms with E-state index in [-0.39, 0.29) is 12.3 Å². The van der Waals surface area contributed by atoms with Gasteiger partial charge in [0.1, 0.15) is 6.04 Å². The molecule has 0 aromatic carbocycles. The molecule has 0 aromatic rings. The molecule has 0 spiro atoms. The summed E-state index contributed by atoms with van der Waals surface area (Å²) >= 11 is 0. The molecule has 0 bridgehead atoms. The zero-order valence-electron chi connectivity index (χ0n) is 6.65. The SMILES string of the molecule is C[C@H](NS(=O)(=O)CCN)C(=O)O. The second kappa shape index (κ2) is 4.39. The quantitative estimate of drug-likeness (QED) is 0.487. The number of nitrogens with two attached hydrogens (primary N) is 1. The summed E-state index contributed by atoms with van der Waals surface area (Å²) in [6.07, 6.45) is 0. The van der Waals surface area contributed by atoms with Crippen molar-refractivity contribution >= 4 is 16.0 Å². The molecule has 0 aliphatic rings. The van der Waals surface area contributed by atoms with Gasteiger partial charge in [-0.25, -0.2) is 13.1 Å². The molecule has 72 valence electrons. The number of hydrogen-bond donors (Lipinski definition) is 3. The van der Waals surface area contributed by atoms with Crippen molar-refractivity contribution in [3.8, 4) is 0 Å². The van der Waals surface area contributed by atoms with Crippen LogP contribution in [0.2, 0.25) is 0 Å². The van der Waals surface area contributed by atoms with Crippen LogP contribution in [0.3, 0.4) is 0 Å². The summed E-state index contributed by atoms with van der Waals surface area (Å²) in [6.45, 7) is 1.22. The predicted octanol–water partition coefficient (Wildman–Crippen LogP) is -1.66. The third-order valence-electron chi connectivity index (χ3n) is 1.11. The number of carbonyl (C=O) groups is 1. The lowest BCUT2D eigenvalue weighted by Gasteiger charge is -2.08. The summed E-state index contributed by atoms with van der Waals surface area (Å²) in [7, 11) is -3.53. The van der Waals surface area contributed by atoms with E-state index in [0.717, 1.165) is 0 Å². The summed E-state index contributed by atoms with van der Waals surface area (Å²) in [5, 5.41) is 8.36. The molecule has 4 N–H and O–H groups in total. The van der Waals surface area contributed by atoms with Crippen LogP contribution >= 0.6 is 0 Å². The zero-order chi connectivity index (χ0) is 9.78. The molecule has 0 fully saturated rings. The van der Waals surface area contributed by atoms with E-state index >= 15 is 0 Å². The third-order valence-corrected chi connectivity index (χ3v) is 2.60. The maximum atomic E-state index is 10.9. The van der Waals surface area contributed by atoms with Crippen molar-refractivity contribution in [2.24, 2.45) is 5.73 Å². The lowest BCUT2D eigenvalue weighted by atomic mass is 10.4. The lowest BCUT2D eigenvalue weighted by molar-refractivity contribution is -0.138. The largest absolute Gasteiger partial charge is 0.480 e. The molecule has 0 heterocycles. The highest BCUT2D eigenvalue weighted by molar-refractivity contribution is 7.89. The van der Waals surface area contributed by atoms with Crippen LogP contribution in [-0.4, -0.2) is 37.8 Å². The second-order valence-corrected chi connectivity index (χ2v) is 4.16. The van der Waals surface area contributed by atoms with Crippen LogP contribution in [0.25, 0.3) is 0 Å². The van der Waals surface area contributed by atoms with Crippen molar-refractivity contribution < 1.29 is 18.3 Å². The van der Waals surface area contributed by atoms with Crippen molar-refractivity contribution in [2.45, 2.75) is 13.0 Å². The maximum Gasteiger partial charge on any atom is 0.321 e. The predicted molar refractivity (Wildman–Crippen MR) is 43.1 cm³/mol. The Balaban J connectivity index is 4.16. The van der Waals surface area contributed by atoms with Crippen molar-refractivity contribution in [3.63, 3.8) is 0 Å². The Hall–Kier alpha value is -0.660. The van der Waals surface area contributed by atoms with Crippen LogP contribution in [0.1, 0.15) is 6.92 Å². The average Bonchev–Trinajstić information content (AvgIpc) is 1.85. The van der Waals surface area contributed by atoms with Crippen LogP contribution in [0.15, 0.2) is 0 Å². The summed E-state index contributed by atoms with van der Waals surface area (Å²) in [4.78, 5) is 10.2. The van der Waals surface area contributed by atoms with Gasteiger partial charge in [-0.05, 0) is 6.92 Å². The first-order valence-corrected chi connectivity index (χ1v) is 4.97. The Kier molecular flexibility index (Phi) is 4.15. The van der Waals surface area contributed by atoms with E-state index < -0.39 is 22.0 Å². The zero-order valence-corrected chi connectivity index (χ0v) is 7.47. The molecule has 0 aliphatic heterocycles. The average molecular weight is 196 g/mol. The molecule has 0 saturated heterocycles. The van der Waals surface area contributed by atoms with Gasteiger partial charge in [0.05, 0.1) is 5.75 Å². The van der Waals surface area contributed by atoms with E-state index in [1.54, 1.807) is 0 Å². The van der Waals surface area contributed by atoms with Crippen molar-refractivity contribution in [1.29, 1.82) is 0 Å². The molecule has 0 saturated carbocycles. The number of hydrogen-bond acceptors (Lipinski definition) is 4. The minimum Gasteiger partial charge on any atom is -0.480 e. The molecule has 6 nitrogen and oxygen atoms in total. The van der Waals surface area contributed by atoms with Gasteiger partial charge >= 0.3 is 5.97 Å². The Morgan fingerprint density at radius 1 is 1.67 bits per heavy atom. The minimum absolute atomic E-state index is 0.0261. The van der Waals surface area contributed by atoms with E-state index in [0.29, 0.717) is 0 Å². The Labute approximate surface area is 70.8 Å². The maximum absolute atomic E-state index is 10.9. The highest BCUT2D eigenvalue weighted by atomic mass is 32.2. The van der Waals surface area contributed by atoms with Gasteiger partial charge < -0.3 is 10.8 Å². The fourth-order valence-corrected chi connectivity index (χ4v) is 1.60. The standard InChI is InChI=1S/C5H12N2O4S/c1-4(5(8)9)7-12(10,11)3-2-6/h4,7H,2-3,6H2,1H3,(H,8,9)/t4-/m0/s1. The summed E-state index contributed by atoms with van der Waals surface area (Å²) in [5.74, 6) is -1.47. The molecular weight excluding hydrogens is 184 g/mol. The number of carboxylic acid groups (broad SMARTS) is 1. The number of aliphatic carboxylic acids is 1. The number of sulfonamides is 1. The fourth-order valence-electron chi connectivity index (χ4n) is 0.534. The monoisotopic (exact) mass is 196 g/mol. The first-order chi connectivity index (χ1) is 5.39. The first-order valence-electron chi connectivity index (χ1n) is 3.32. The van der Waals surface area contributed by atoms with Crippen molar-refractivity contribution in [1.82, 2.24) is 4.72 Å². The summed E-state index contributed by atoms with van der Waals surface area (Å²) in [5.41, 5.74) is 5.00. The van der Waals surface area contributed by atoms with E-state index in [1.807, 2.05) is 4.72 Å². The topological polar surface area (TPSA) is 109 Å². The highest BCUT2D eigenvalue weighted by Crippen LogP contribution is 1.88. The van der Waals surface area contributed by atoms with E-state index in [1.165, 1.54) is 6.92 Å². The molecule has 0 aromatic heterocycles. The van der Waals surface area contributed by atoms with Crippen LogP contribution in [0.4, 0.5) is 0 Å². The van der Waals surface area contributed by atoms with Gasteiger partial charge in [-0.1, -0.05) is 0 Å². The third kappa shape index (κ3) is 4.27. The molecule has 0 unspecified atom stereocenters. The molecule has 1 atom stereocenters. The minimum atomic E-state index is -3.53. The van der Waals surface area contributed by atoms with Crippen molar-refractivity contribution in [3.05, 3.63) is 0 Å². The lowest BCUT2D eigenvalue weighted by Crippen LogP contribution is -2.40. The van der Waals surface area contributed by atoms with Gasteiger partial charge in [-0.15, -0.1) is 0 Å². The van der Waals surface area contributed by atoms with Crippen LogP contribution in [0.5, 0.6) is 0 Å². The molecule has 0 amide bonds. The van der Waals surface area contributed by atoms with E-state index in [4.69, 9.17) is 10.8 Å². The molecule has 0 rings (SSSR count). The number of rotatable bonds is 5. The second-order valence-electron chi connectivity index (χ2n) is 2.29. The van der Waals surface area contributed by atoms with Crippen LogP contribution in [-0.2, 0) is 14.8 Å². The van der Waals surface area contributed by atoms with Gasteiger partial charge in [0, 0.05) is 6.54 Å². The van der Waals surface area contributed by atoms with Gasteiger partial charge in [0.2, 0.25) is 10.0 Å². The summed E-state index contributed by atoms with van der Waals surface area (Å²) < 4.78 is 23.7. The van der Waals surface area contributed by atoms with Gasteiger partial charge in [-0.3, -0.25) is 4.79 Å². The van der Waals surface area contributed by atoms with Crippen LogP contribution in [0, 0.1) is 0 Å². The molecule has 12 heavy (non-hydrogen) atoms. The Morgan fingerprint density at radius 2 is 2.17 bits per heavy atom. The highest BCUT2D eigenvalue weighted by Gasteiger charge is 2.18. The normalized spacial score (nSPS) is 14.2.